The highest BCUT2D eigenvalue weighted by Gasteiger charge is 2.23. The SMILES string of the molecule is CCCCN(C)CC1CCN(C(=O)CCc2cccc(F)c2)CC1. The van der Waals surface area contributed by atoms with E-state index in [2.05, 4.69) is 18.9 Å². The van der Waals surface area contributed by atoms with Crippen LogP contribution >= 0.6 is 0 Å². The molecule has 4 heteroatoms. The number of likely N-dealkylation sites (tertiary alicyclic amines) is 1. The predicted octanol–water partition coefficient (Wildman–Crippen LogP) is 3.73. The lowest BCUT2D eigenvalue weighted by atomic mass is 9.95. The molecule has 1 heterocycles. The number of carbonyl (C=O) groups excluding carboxylic acids is 1. The van der Waals surface area contributed by atoms with Crippen LogP contribution in [0.1, 0.15) is 44.6 Å². The lowest BCUT2D eigenvalue weighted by molar-refractivity contribution is -0.132. The van der Waals surface area contributed by atoms with Crippen molar-refractivity contribution >= 4 is 5.91 Å². The molecule has 24 heavy (non-hydrogen) atoms. The number of unbranched alkanes of at least 4 members (excludes halogenated alkanes) is 1. The second kappa shape index (κ2) is 9.77. The minimum Gasteiger partial charge on any atom is -0.343 e. The maximum absolute atomic E-state index is 13.2. The fraction of sp³-hybridized carbons (Fsp3) is 0.650. The molecular weight excluding hydrogens is 303 g/mol. The zero-order valence-corrected chi connectivity index (χ0v) is 15.1. The summed E-state index contributed by atoms with van der Waals surface area (Å²) in [4.78, 5) is 16.8. The van der Waals surface area contributed by atoms with Crippen molar-refractivity contribution in [3.8, 4) is 0 Å². The first-order valence-electron chi connectivity index (χ1n) is 9.29. The van der Waals surface area contributed by atoms with Gasteiger partial charge in [-0.15, -0.1) is 0 Å². The van der Waals surface area contributed by atoms with Crippen LogP contribution in [0.15, 0.2) is 24.3 Å². The van der Waals surface area contributed by atoms with Gasteiger partial charge in [0.1, 0.15) is 5.82 Å². The van der Waals surface area contributed by atoms with Crippen LogP contribution < -0.4 is 0 Å². The summed E-state index contributed by atoms with van der Waals surface area (Å²) >= 11 is 0. The van der Waals surface area contributed by atoms with E-state index in [0.717, 1.165) is 38.0 Å². The second-order valence-electron chi connectivity index (χ2n) is 7.07. The molecule has 1 aromatic rings. The van der Waals surface area contributed by atoms with Crippen molar-refractivity contribution in [1.29, 1.82) is 0 Å². The van der Waals surface area contributed by atoms with Crippen LogP contribution in [0.4, 0.5) is 4.39 Å². The van der Waals surface area contributed by atoms with Gasteiger partial charge in [0.2, 0.25) is 5.91 Å². The van der Waals surface area contributed by atoms with Gasteiger partial charge in [0.05, 0.1) is 0 Å². The van der Waals surface area contributed by atoms with E-state index >= 15 is 0 Å². The molecule has 1 fully saturated rings. The van der Waals surface area contributed by atoms with Crippen LogP contribution in [-0.2, 0) is 11.2 Å². The van der Waals surface area contributed by atoms with E-state index in [1.165, 1.54) is 31.5 Å². The summed E-state index contributed by atoms with van der Waals surface area (Å²) in [6.07, 6.45) is 5.79. The Kier molecular flexibility index (Phi) is 7.70. The fourth-order valence-electron chi connectivity index (χ4n) is 3.43. The van der Waals surface area contributed by atoms with Gasteiger partial charge in [-0.05, 0) is 62.9 Å². The third-order valence-electron chi connectivity index (χ3n) is 4.95. The van der Waals surface area contributed by atoms with Crippen LogP contribution in [0, 0.1) is 11.7 Å². The van der Waals surface area contributed by atoms with Crippen LogP contribution in [-0.4, -0.2) is 48.9 Å². The minimum atomic E-state index is -0.229. The van der Waals surface area contributed by atoms with Crippen LogP contribution in [0.5, 0.6) is 0 Å². The Morgan fingerprint density at radius 1 is 1.33 bits per heavy atom. The van der Waals surface area contributed by atoms with Crippen molar-refractivity contribution < 1.29 is 9.18 Å². The Balaban J connectivity index is 1.68. The molecule has 134 valence electrons. The normalized spacial score (nSPS) is 15.9. The summed E-state index contributed by atoms with van der Waals surface area (Å²) in [7, 11) is 2.20. The average molecular weight is 334 g/mol. The second-order valence-corrected chi connectivity index (χ2v) is 7.07. The molecule has 0 unspecified atom stereocenters. The molecule has 0 radical (unpaired) electrons. The number of nitrogens with zero attached hydrogens (tertiary/aromatic N) is 2. The molecule has 0 bridgehead atoms. The van der Waals surface area contributed by atoms with E-state index in [1.54, 1.807) is 6.07 Å². The average Bonchev–Trinajstić information content (AvgIpc) is 2.58. The van der Waals surface area contributed by atoms with Gasteiger partial charge in [-0.3, -0.25) is 4.79 Å². The molecule has 0 aliphatic carbocycles. The summed E-state index contributed by atoms with van der Waals surface area (Å²) in [5, 5.41) is 0. The number of aryl methyl sites for hydroxylation is 1. The predicted molar refractivity (Wildman–Crippen MR) is 96.4 cm³/mol. The van der Waals surface area contributed by atoms with Gasteiger partial charge in [-0.2, -0.15) is 0 Å². The largest absolute Gasteiger partial charge is 0.343 e. The molecule has 1 saturated heterocycles. The molecule has 0 atom stereocenters. The molecule has 0 aromatic heterocycles. The van der Waals surface area contributed by atoms with Crippen molar-refractivity contribution in [1.82, 2.24) is 9.80 Å². The molecule has 0 spiro atoms. The minimum absolute atomic E-state index is 0.206. The fourth-order valence-corrected chi connectivity index (χ4v) is 3.43. The van der Waals surface area contributed by atoms with Crippen molar-refractivity contribution in [3.05, 3.63) is 35.6 Å². The van der Waals surface area contributed by atoms with E-state index in [0.29, 0.717) is 18.8 Å². The highest BCUT2D eigenvalue weighted by molar-refractivity contribution is 5.76. The zero-order valence-electron chi connectivity index (χ0n) is 15.1. The lowest BCUT2D eigenvalue weighted by Crippen LogP contribution is -2.41. The van der Waals surface area contributed by atoms with Crippen molar-refractivity contribution in [2.45, 2.75) is 45.4 Å². The molecular formula is C20H31FN2O. The number of carbonyl (C=O) groups is 1. The smallest absolute Gasteiger partial charge is 0.222 e. The summed E-state index contributed by atoms with van der Waals surface area (Å²) in [5.74, 6) is 0.684. The maximum atomic E-state index is 13.2. The topological polar surface area (TPSA) is 23.6 Å². The Morgan fingerprint density at radius 2 is 2.08 bits per heavy atom. The van der Waals surface area contributed by atoms with Gasteiger partial charge in [0.25, 0.3) is 0 Å². The summed E-state index contributed by atoms with van der Waals surface area (Å²) < 4.78 is 13.2. The Labute approximate surface area is 145 Å². The summed E-state index contributed by atoms with van der Waals surface area (Å²) in [6.45, 7) is 6.28. The summed E-state index contributed by atoms with van der Waals surface area (Å²) in [5.41, 5.74) is 0.899. The number of hydrogen-bond donors (Lipinski definition) is 0. The van der Waals surface area contributed by atoms with Crippen molar-refractivity contribution in [2.75, 3.05) is 33.2 Å². The molecule has 0 N–H and O–H groups in total. The van der Waals surface area contributed by atoms with E-state index in [1.807, 2.05) is 11.0 Å². The number of hydrogen-bond acceptors (Lipinski definition) is 2. The van der Waals surface area contributed by atoms with Gasteiger partial charge in [-0.1, -0.05) is 25.5 Å². The van der Waals surface area contributed by atoms with E-state index in [9.17, 15) is 9.18 Å². The quantitative estimate of drug-likeness (QED) is 0.723. The Morgan fingerprint density at radius 3 is 2.75 bits per heavy atom. The van der Waals surface area contributed by atoms with Gasteiger partial charge in [0.15, 0.2) is 0 Å². The highest BCUT2D eigenvalue weighted by Crippen LogP contribution is 2.19. The molecule has 0 saturated carbocycles. The molecule has 1 aliphatic rings. The third kappa shape index (κ3) is 6.23. The first-order chi connectivity index (χ1) is 11.6. The van der Waals surface area contributed by atoms with Gasteiger partial charge in [0, 0.05) is 26.1 Å². The summed E-state index contributed by atoms with van der Waals surface area (Å²) in [6, 6.07) is 6.55. The zero-order chi connectivity index (χ0) is 17.4. The number of piperidine rings is 1. The monoisotopic (exact) mass is 334 g/mol. The molecule has 1 aliphatic heterocycles. The van der Waals surface area contributed by atoms with E-state index in [4.69, 9.17) is 0 Å². The number of amides is 1. The van der Waals surface area contributed by atoms with E-state index in [-0.39, 0.29) is 11.7 Å². The number of benzene rings is 1. The van der Waals surface area contributed by atoms with Crippen LogP contribution in [0.2, 0.25) is 0 Å². The van der Waals surface area contributed by atoms with Crippen molar-refractivity contribution in [2.24, 2.45) is 5.92 Å². The number of halogens is 1. The molecule has 1 aromatic carbocycles. The highest BCUT2D eigenvalue weighted by atomic mass is 19.1. The van der Waals surface area contributed by atoms with Crippen LogP contribution in [0.25, 0.3) is 0 Å². The molecule has 2 rings (SSSR count). The first-order valence-corrected chi connectivity index (χ1v) is 9.29. The molecule has 3 nitrogen and oxygen atoms in total. The van der Waals surface area contributed by atoms with Gasteiger partial charge < -0.3 is 9.80 Å². The Hall–Kier alpha value is -1.42. The molecule has 1 amide bonds. The maximum Gasteiger partial charge on any atom is 0.222 e. The lowest BCUT2D eigenvalue weighted by Gasteiger charge is -2.34. The van der Waals surface area contributed by atoms with E-state index < -0.39 is 0 Å². The van der Waals surface area contributed by atoms with Gasteiger partial charge >= 0.3 is 0 Å². The number of rotatable bonds is 8. The van der Waals surface area contributed by atoms with Crippen molar-refractivity contribution in [3.63, 3.8) is 0 Å². The Bertz CT molecular complexity index is 512. The first kappa shape index (κ1) is 18.9. The standard InChI is InChI=1S/C20H31FN2O/c1-3-4-12-22(2)16-18-10-13-23(14-11-18)20(24)9-8-17-6-5-7-19(21)15-17/h5-7,15,18H,3-4,8-14,16H2,1-2H3. The van der Waals surface area contributed by atoms with Crippen LogP contribution in [0.3, 0.4) is 0 Å². The van der Waals surface area contributed by atoms with Gasteiger partial charge in [-0.25, -0.2) is 4.39 Å². The third-order valence-corrected chi connectivity index (χ3v) is 4.95.